The van der Waals surface area contributed by atoms with Crippen LogP contribution in [-0.4, -0.2) is 21.1 Å². The quantitative estimate of drug-likeness (QED) is 0.866. The summed E-state index contributed by atoms with van der Waals surface area (Å²) in [7, 11) is 0. The molecule has 86 valence electrons. The molecule has 0 unspecified atom stereocenters. The van der Waals surface area contributed by atoms with Crippen molar-refractivity contribution >= 4 is 17.3 Å². The van der Waals surface area contributed by atoms with Gasteiger partial charge < -0.3 is 9.88 Å². The summed E-state index contributed by atoms with van der Waals surface area (Å²) in [5.41, 5.74) is 1.11. The van der Waals surface area contributed by atoms with Crippen LogP contribution in [0.1, 0.15) is 17.6 Å². The molecule has 0 aliphatic rings. The van der Waals surface area contributed by atoms with Gasteiger partial charge in [-0.25, -0.2) is 9.97 Å². The SMILES string of the molecule is CCNc1nccn1CCc1nc(C)cs1. The van der Waals surface area contributed by atoms with Crippen LogP contribution in [0.2, 0.25) is 0 Å². The van der Waals surface area contributed by atoms with Gasteiger partial charge in [0.25, 0.3) is 0 Å². The van der Waals surface area contributed by atoms with Crippen LogP contribution in [0.5, 0.6) is 0 Å². The fourth-order valence-corrected chi connectivity index (χ4v) is 2.31. The molecule has 0 spiro atoms. The third-order valence-electron chi connectivity index (χ3n) is 2.28. The normalized spacial score (nSPS) is 10.6. The predicted octanol–water partition coefficient (Wildman–Crippen LogP) is 2.32. The van der Waals surface area contributed by atoms with Crippen molar-refractivity contribution in [3.05, 3.63) is 28.5 Å². The summed E-state index contributed by atoms with van der Waals surface area (Å²) in [4.78, 5) is 8.71. The highest BCUT2D eigenvalue weighted by Gasteiger charge is 2.03. The number of aryl methyl sites for hydroxylation is 3. The summed E-state index contributed by atoms with van der Waals surface area (Å²) >= 11 is 1.73. The molecule has 0 aliphatic heterocycles. The molecule has 0 saturated carbocycles. The molecule has 2 aromatic heterocycles. The first-order valence-electron chi connectivity index (χ1n) is 5.45. The summed E-state index contributed by atoms with van der Waals surface area (Å²) in [6.45, 7) is 5.92. The maximum Gasteiger partial charge on any atom is 0.202 e. The Balaban J connectivity index is 1.96. The van der Waals surface area contributed by atoms with E-state index in [9.17, 15) is 0 Å². The minimum Gasteiger partial charge on any atom is -0.356 e. The summed E-state index contributed by atoms with van der Waals surface area (Å²) in [5.74, 6) is 0.941. The lowest BCUT2D eigenvalue weighted by molar-refractivity contribution is 0.697. The fraction of sp³-hybridized carbons (Fsp3) is 0.455. The second-order valence-electron chi connectivity index (χ2n) is 3.61. The third-order valence-corrected chi connectivity index (χ3v) is 3.31. The van der Waals surface area contributed by atoms with Gasteiger partial charge in [-0.1, -0.05) is 0 Å². The van der Waals surface area contributed by atoms with Crippen molar-refractivity contribution in [1.29, 1.82) is 0 Å². The van der Waals surface area contributed by atoms with Crippen LogP contribution < -0.4 is 5.32 Å². The van der Waals surface area contributed by atoms with E-state index in [2.05, 4.69) is 32.2 Å². The van der Waals surface area contributed by atoms with E-state index in [4.69, 9.17) is 0 Å². The zero-order valence-corrected chi connectivity index (χ0v) is 10.4. The van der Waals surface area contributed by atoms with Crippen LogP contribution in [0.15, 0.2) is 17.8 Å². The first-order chi connectivity index (χ1) is 7.79. The van der Waals surface area contributed by atoms with Crippen molar-refractivity contribution < 1.29 is 0 Å². The molecule has 0 atom stereocenters. The van der Waals surface area contributed by atoms with E-state index in [1.165, 1.54) is 5.01 Å². The zero-order chi connectivity index (χ0) is 11.4. The molecule has 0 saturated heterocycles. The molecular weight excluding hydrogens is 220 g/mol. The molecule has 0 aliphatic carbocycles. The highest BCUT2D eigenvalue weighted by Crippen LogP contribution is 2.12. The molecule has 2 aromatic rings. The second kappa shape index (κ2) is 5.12. The molecular formula is C11H16N4S. The number of anilines is 1. The molecule has 0 radical (unpaired) electrons. The average molecular weight is 236 g/mol. The Kier molecular flexibility index (Phi) is 3.56. The van der Waals surface area contributed by atoms with Crippen LogP contribution in [-0.2, 0) is 13.0 Å². The average Bonchev–Trinajstić information content (AvgIpc) is 2.85. The largest absolute Gasteiger partial charge is 0.356 e. The molecule has 5 heteroatoms. The van der Waals surface area contributed by atoms with E-state index in [0.717, 1.165) is 31.2 Å². The van der Waals surface area contributed by atoms with Crippen molar-refractivity contribution in [1.82, 2.24) is 14.5 Å². The van der Waals surface area contributed by atoms with E-state index in [1.54, 1.807) is 11.3 Å². The minimum atomic E-state index is 0.896. The third kappa shape index (κ3) is 2.61. The number of nitrogens with one attached hydrogen (secondary N) is 1. The Bertz CT molecular complexity index is 446. The standard InChI is InChI=1S/C11H16N4S/c1-3-12-11-13-5-7-15(11)6-4-10-14-9(2)8-16-10/h5,7-8H,3-4,6H2,1-2H3,(H,12,13). The summed E-state index contributed by atoms with van der Waals surface area (Å²) < 4.78 is 2.13. The Hall–Kier alpha value is -1.36. The Labute approximate surface area is 99.4 Å². The lowest BCUT2D eigenvalue weighted by Gasteiger charge is -2.06. The molecule has 0 amide bonds. The van der Waals surface area contributed by atoms with E-state index in [0.29, 0.717) is 0 Å². The molecule has 1 N–H and O–H groups in total. The van der Waals surface area contributed by atoms with Crippen LogP contribution in [0.25, 0.3) is 0 Å². The van der Waals surface area contributed by atoms with Crippen molar-refractivity contribution in [3.8, 4) is 0 Å². The van der Waals surface area contributed by atoms with Gasteiger partial charge in [0.15, 0.2) is 0 Å². The van der Waals surface area contributed by atoms with Gasteiger partial charge in [-0.05, 0) is 13.8 Å². The number of imidazole rings is 1. The van der Waals surface area contributed by atoms with E-state index >= 15 is 0 Å². The van der Waals surface area contributed by atoms with E-state index in [-0.39, 0.29) is 0 Å². The van der Waals surface area contributed by atoms with Crippen LogP contribution in [0.3, 0.4) is 0 Å². The van der Waals surface area contributed by atoms with Crippen molar-refractivity contribution in [3.63, 3.8) is 0 Å². The lowest BCUT2D eigenvalue weighted by Crippen LogP contribution is -2.08. The summed E-state index contributed by atoms with van der Waals surface area (Å²) in [6.07, 6.45) is 4.79. The maximum atomic E-state index is 4.45. The molecule has 4 nitrogen and oxygen atoms in total. The van der Waals surface area contributed by atoms with Gasteiger partial charge in [-0.15, -0.1) is 11.3 Å². The lowest BCUT2D eigenvalue weighted by atomic mass is 10.4. The highest BCUT2D eigenvalue weighted by atomic mass is 32.1. The molecule has 0 fully saturated rings. The van der Waals surface area contributed by atoms with Crippen LogP contribution >= 0.6 is 11.3 Å². The zero-order valence-electron chi connectivity index (χ0n) is 9.60. The minimum absolute atomic E-state index is 0.896. The smallest absolute Gasteiger partial charge is 0.202 e. The topological polar surface area (TPSA) is 42.7 Å². The highest BCUT2D eigenvalue weighted by molar-refractivity contribution is 7.09. The van der Waals surface area contributed by atoms with Gasteiger partial charge in [-0.3, -0.25) is 0 Å². The fourth-order valence-electron chi connectivity index (χ4n) is 1.55. The maximum absolute atomic E-state index is 4.45. The Morgan fingerprint density at radius 2 is 2.38 bits per heavy atom. The number of hydrogen-bond donors (Lipinski definition) is 1. The Morgan fingerprint density at radius 3 is 3.06 bits per heavy atom. The van der Waals surface area contributed by atoms with Gasteiger partial charge in [0, 0.05) is 43.0 Å². The van der Waals surface area contributed by atoms with Gasteiger partial charge in [0.2, 0.25) is 5.95 Å². The molecule has 16 heavy (non-hydrogen) atoms. The second-order valence-corrected chi connectivity index (χ2v) is 4.55. The van der Waals surface area contributed by atoms with Gasteiger partial charge in [0.1, 0.15) is 0 Å². The molecule has 2 rings (SSSR count). The van der Waals surface area contributed by atoms with Crippen LogP contribution in [0, 0.1) is 6.92 Å². The first-order valence-corrected chi connectivity index (χ1v) is 6.33. The number of aromatic nitrogens is 3. The van der Waals surface area contributed by atoms with E-state index in [1.807, 2.05) is 19.3 Å². The van der Waals surface area contributed by atoms with Gasteiger partial charge in [0.05, 0.1) is 5.01 Å². The predicted molar refractivity (Wildman–Crippen MR) is 66.9 cm³/mol. The van der Waals surface area contributed by atoms with E-state index < -0.39 is 0 Å². The Morgan fingerprint density at radius 1 is 1.50 bits per heavy atom. The van der Waals surface area contributed by atoms with Crippen molar-refractivity contribution in [2.24, 2.45) is 0 Å². The summed E-state index contributed by atoms with van der Waals surface area (Å²) in [5, 5.41) is 6.51. The first kappa shape index (κ1) is 11.1. The van der Waals surface area contributed by atoms with Crippen LogP contribution in [0.4, 0.5) is 5.95 Å². The summed E-state index contributed by atoms with van der Waals surface area (Å²) in [6, 6.07) is 0. The van der Waals surface area contributed by atoms with Crippen molar-refractivity contribution in [2.75, 3.05) is 11.9 Å². The number of thiazole rings is 1. The molecule has 2 heterocycles. The monoisotopic (exact) mass is 236 g/mol. The van der Waals surface area contributed by atoms with Crippen molar-refractivity contribution in [2.45, 2.75) is 26.8 Å². The number of nitrogens with zero attached hydrogens (tertiary/aromatic N) is 3. The number of hydrogen-bond acceptors (Lipinski definition) is 4. The molecule has 0 bridgehead atoms. The molecule has 0 aromatic carbocycles. The number of rotatable bonds is 5. The van der Waals surface area contributed by atoms with Gasteiger partial charge >= 0.3 is 0 Å². The van der Waals surface area contributed by atoms with Gasteiger partial charge in [-0.2, -0.15) is 0 Å².